The summed E-state index contributed by atoms with van der Waals surface area (Å²) in [5.41, 5.74) is 0.527. The van der Waals surface area contributed by atoms with Crippen molar-refractivity contribution in [1.29, 1.82) is 0 Å². The van der Waals surface area contributed by atoms with Gasteiger partial charge in [0.2, 0.25) is 10.0 Å². The van der Waals surface area contributed by atoms with E-state index in [0.29, 0.717) is 31.9 Å². The number of hydrogen-bond acceptors (Lipinski definition) is 4. The van der Waals surface area contributed by atoms with Gasteiger partial charge in [-0.3, -0.25) is 0 Å². The largest absolute Gasteiger partial charge is 0.478 e. The van der Waals surface area contributed by atoms with Crippen molar-refractivity contribution in [2.45, 2.75) is 31.1 Å². The quantitative estimate of drug-likeness (QED) is 0.909. The van der Waals surface area contributed by atoms with Gasteiger partial charge < -0.3 is 9.84 Å². The van der Waals surface area contributed by atoms with E-state index in [1.165, 1.54) is 22.5 Å². The number of benzene rings is 1. The van der Waals surface area contributed by atoms with Gasteiger partial charge in [0.15, 0.2) is 0 Å². The predicted molar refractivity (Wildman–Crippen MR) is 84.0 cm³/mol. The molecule has 1 aromatic carbocycles. The van der Waals surface area contributed by atoms with Crippen LogP contribution in [-0.4, -0.2) is 50.1 Å². The van der Waals surface area contributed by atoms with Gasteiger partial charge in [0.1, 0.15) is 0 Å². The van der Waals surface area contributed by atoms with Crippen LogP contribution in [0.25, 0.3) is 0 Å². The van der Waals surface area contributed by atoms with E-state index in [0.717, 1.165) is 19.3 Å². The first-order chi connectivity index (χ1) is 10.8. The molecular weight excluding hydrogens is 318 g/mol. The lowest BCUT2D eigenvalue weighted by molar-refractivity contribution is 0.0696. The number of rotatable bonds is 3. The Morgan fingerprint density at radius 1 is 1.35 bits per heavy atom. The molecule has 2 saturated heterocycles. The topological polar surface area (TPSA) is 83.9 Å². The van der Waals surface area contributed by atoms with Crippen molar-refractivity contribution in [2.75, 3.05) is 26.3 Å². The highest BCUT2D eigenvalue weighted by Gasteiger charge is 2.42. The lowest BCUT2D eigenvalue weighted by Gasteiger charge is -2.38. The number of piperidine rings is 1. The smallest absolute Gasteiger partial charge is 0.335 e. The summed E-state index contributed by atoms with van der Waals surface area (Å²) < 4.78 is 32.8. The fourth-order valence-electron chi connectivity index (χ4n) is 3.52. The summed E-state index contributed by atoms with van der Waals surface area (Å²) in [7, 11) is -3.61. The van der Waals surface area contributed by atoms with E-state index in [9.17, 15) is 13.2 Å². The Kier molecular flexibility index (Phi) is 4.20. The number of nitrogens with zero attached hydrogens (tertiary/aromatic N) is 1. The second kappa shape index (κ2) is 5.89. The van der Waals surface area contributed by atoms with Crippen molar-refractivity contribution in [3.63, 3.8) is 0 Å². The van der Waals surface area contributed by atoms with Gasteiger partial charge in [-0.2, -0.15) is 4.31 Å². The first-order valence-corrected chi connectivity index (χ1v) is 9.20. The number of carboxylic acids is 1. The molecule has 7 heteroatoms. The first-order valence-electron chi connectivity index (χ1n) is 7.76. The summed E-state index contributed by atoms with van der Waals surface area (Å²) in [5.74, 6) is -1.05. The Morgan fingerprint density at radius 2 is 2.13 bits per heavy atom. The molecule has 3 rings (SSSR count). The Balaban J connectivity index is 1.89. The molecule has 126 valence electrons. The first kappa shape index (κ1) is 16.4. The molecule has 2 heterocycles. The van der Waals surface area contributed by atoms with Crippen LogP contribution in [0.2, 0.25) is 0 Å². The molecule has 0 aliphatic carbocycles. The minimum Gasteiger partial charge on any atom is -0.478 e. The van der Waals surface area contributed by atoms with Gasteiger partial charge in [-0.25, -0.2) is 13.2 Å². The van der Waals surface area contributed by atoms with Gasteiger partial charge in [-0.15, -0.1) is 0 Å². The maximum atomic E-state index is 12.9. The van der Waals surface area contributed by atoms with Gasteiger partial charge >= 0.3 is 5.97 Å². The number of aryl methyl sites for hydroxylation is 1. The molecule has 0 radical (unpaired) electrons. The van der Waals surface area contributed by atoms with Gasteiger partial charge in [-0.05, 0) is 49.9 Å². The molecule has 23 heavy (non-hydrogen) atoms. The van der Waals surface area contributed by atoms with Gasteiger partial charge in [0.05, 0.1) is 17.1 Å². The fraction of sp³-hybridized carbons (Fsp3) is 0.562. The van der Waals surface area contributed by atoms with E-state index in [-0.39, 0.29) is 15.9 Å². The molecule has 0 amide bonds. The minimum atomic E-state index is -3.61. The molecule has 2 aliphatic rings. The van der Waals surface area contributed by atoms with E-state index in [2.05, 4.69) is 0 Å². The van der Waals surface area contributed by atoms with E-state index >= 15 is 0 Å². The average Bonchev–Trinajstić information content (AvgIpc) is 2.94. The molecule has 1 spiro atoms. The fourth-order valence-corrected chi connectivity index (χ4v) is 5.20. The molecule has 0 bridgehead atoms. The zero-order valence-corrected chi connectivity index (χ0v) is 13.9. The molecule has 6 nitrogen and oxygen atoms in total. The number of hydrogen-bond donors (Lipinski definition) is 1. The molecule has 0 aromatic heterocycles. The van der Waals surface area contributed by atoms with Crippen LogP contribution < -0.4 is 0 Å². The molecule has 2 aliphatic heterocycles. The molecule has 1 unspecified atom stereocenters. The number of carbonyl (C=O) groups is 1. The third-order valence-corrected chi connectivity index (χ3v) is 6.72. The predicted octanol–water partition coefficient (Wildman–Crippen LogP) is 1.88. The SMILES string of the molecule is Cc1cc(S(=O)(=O)N2CCCC3(CCOC3)C2)ccc1C(=O)O. The maximum Gasteiger partial charge on any atom is 0.335 e. The Morgan fingerprint density at radius 3 is 2.74 bits per heavy atom. The monoisotopic (exact) mass is 339 g/mol. The van der Waals surface area contributed by atoms with Crippen molar-refractivity contribution in [1.82, 2.24) is 4.31 Å². The molecular formula is C16H21NO5S. The van der Waals surface area contributed by atoms with Crippen molar-refractivity contribution < 1.29 is 23.1 Å². The van der Waals surface area contributed by atoms with E-state index in [4.69, 9.17) is 9.84 Å². The number of sulfonamides is 1. The zero-order valence-electron chi connectivity index (χ0n) is 13.1. The van der Waals surface area contributed by atoms with Gasteiger partial charge in [0.25, 0.3) is 0 Å². The van der Waals surface area contributed by atoms with Crippen LogP contribution in [-0.2, 0) is 14.8 Å². The average molecular weight is 339 g/mol. The lowest BCUT2D eigenvalue weighted by Crippen LogP contribution is -2.46. The number of ether oxygens (including phenoxy) is 1. The van der Waals surface area contributed by atoms with Crippen molar-refractivity contribution in [3.8, 4) is 0 Å². The summed E-state index contributed by atoms with van der Waals surface area (Å²) in [4.78, 5) is 11.2. The summed E-state index contributed by atoms with van der Waals surface area (Å²) >= 11 is 0. The third kappa shape index (κ3) is 3.00. The van der Waals surface area contributed by atoms with E-state index in [1.54, 1.807) is 6.92 Å². The van der Waals surface area contributed by atoms with Crippen LogP contribution in [0.5, 0.6) is 0 Å². The highest BCUT2D eigenvalue weighted by Crippen LogP contribution is 2.39. The summed E-state index contributed by atoms with van der Waals surface area (Å²) in [6, 6.07) is 4.20. The molecule has 0 saturated carbocycles. The van der Waals surface area contributed by atoms with Crippen LogP contribution in [0.1, 0.15) is 35.2 Å². The van der Waals surface area contributed by atoms with Gasteiger partial charge in [0, 0.05) is 25.1 Å². The molecule has 1 N–H and O–H groups in total. The zero-order chi connectivity index (χ0) is 16.7. The van der Waals surface area contributed by atoms with Crippen LogP contribution in [0, 0.1) is 12.3 Å². The van der Waals surface area contributed by atoms with E-state index in [1.807, 2.05) is 0 Å². The molecule has 1 atom stereocenters. The molecule has 1 aromatic rings. The normalized spacial score (nSPS) is 25.8. The Hall–Kier alpha value is -1.44. The highest BCUT2D eigenvalue weighted by atomic mass is 32.2. The van der Waals surface area contributed by atoms with Crippen molar-refractivity contribution in [3.05, 3.63) is 29.3 Å². The molecule has 2 fully saturated rings. The van der Waals surface area contributed by atoms with E-state index < -0.39 is 16.0 Å². The third-order valence-electron chi connectivity index (χ3n) is 4.88. The van der Waals surface area contributed by atoms with Crippen molar-refractivity contribution in [2.24, 2.45) is 5.41 Å². The number of carboxylic acid groups (broad SMARTS) is 1. The second-order valence-electron chi connectivity index (χ2n) is 6.53. The Labute approximate surface area is 136 Å². The lowest BCUT2D eigenvalue weighted by atomic mass is 9.80. The van der Waals surface area contributed by atoms with Crippen molar-refractivity contribution >= 4 is 16.0 Å². The standard InChI is InChI=1S/C16H21NO5S/c1-12-9-13(3-4-14(12)15(18)19)23(20,21)17-7-2-5-16(10-17)6-8-22-11-16/h3-4,9H,2,5-8,10-11H2,1H3,(H,18,19). The maximum absolute atomic E-state index is 12.9. The van der Waals surface area contributed by atoms with Crippen LogP contribution >= 0.6 is 0 Å². The summed E-state index contributed by atoms with van der Waals surface area (Å²) in [6.45, 7) is 3.92. The van der Waals surface area contributed by atoms with Crippen LogP contribution in [0.3, 0.4) is 0 Å². The summed E-state index contributed by atoms with van der Waals surface area (Å²) in [6.07, 6.45) is 2.72. The Bertz CT molecular complexity index is 722. The van der Waals surface area contributed by atoms with Crippen LogP contribution in [0.4, 0.5) is 0 Å². The summed E-state index contributed by atoms with van der Waals surface area (Å²) in [5, 5.41) is 9.07. The highest BCUT2D eigenvalue weighted by molar-refractivity contribution is 7.89. The minimum absolute atomic E-state index is 0.0542. The van der Waals surface area contributed by atoms with Gasteiger partial charge in [-0.1, -0.05) is 0 Å². The number of aromatic carboxylic acids is 1. The van der Waals surface area contributed by atoms with Crippen LogP contribution in [0.15, 0.2) is 23.1 Å². The second-order valence-corrected chi connectivity index (χ2v) is 8.46.